The van der Waals surface area contributed by atoms with E-state index in [-0.39, 0.29) is 18.2 Å². The normalized spacial score (nSPS) is 28.2. The lowest BCUT2D eigenvalue weighted by atomic mass is 10.2. The molecule has 15 heavy (non-hydrogen) atoms. The lowest BCUT2D eigenvalue weighted by molar-refractivity contribution is 0.141. The quantitative estimate of drug-likeness (QED) is 0.794. The first kappa shape index (κ1) is 10.6. The van der Waals surface area contributed by atoms with Crippen molar-refractivity contribution in [2.45, 2.75) is 51.3 Å². The van der Waals surface area contributed by atoms with E-state index >= 15 is 0 Å². The number of hydrogen-bond acceptors (Lipinski definition) is 4. The highest BCUT2D eigenvalue weighted by Crippen LogP contribution is 2.22. The molecule has 0 bridgehead atoms. The molecule has 0 amide bonds. The zero-order valence-corrected chi connectivity index (χ0v) is 9.23. The molecule has 1 saturated carbocycles. The third kappa shape index (κ3) is 2.38. The van der Waals surface area contributed by atoms with Crippen LogP contribution in [-0.4, -0.2) is 22.2 Å². The maximum Gasteiger partial charge on any atom is 0.211 e. The molecule has 3 unspecified atom stereocenters. The van der Waals surface area contributed by atoms with Crippen molar-refractivity contribution < 1.29 is 9.52 Å². The van der Waals surface area contributed by atoms with Gasteiger partial charge in [-0.2, -0.15) is 0 Å². The van der Waals surface area contributed by atoms with E-state index in [1.807, 2.05) is 13.8 Å². The van der Waals surface area contributed by atoms with Crippen LogP contribution in [0.5, 0.6) is 0 Å². The summed E-state index contributed by atoms with van der Waals surface area (Å²) in [6.07, 6.45) is 4.53. The molecule has 0 spiro atoms. The molecule has 84 valence electrons. The fourth-order valence-corrected chi connectivity index (χ4v) is 2.10. The van der Waals surface area contributed by atoms with Crippen LogP contribution in [0.3, 0.4) is 0 Å². The molecule has 2 N–H and O–H groups in total. The Morgan fingerprint density at radius 3 is 2.93 bits per heavy atom. The van der Waals surface area contributed by atoms with Gasteiger partial charge in [0.05, 0.1) is 18.3 Å². The van der Waals surface area contributed by atoms with Crippen molar-refractivity contribution in [2.24, 2.45) is 0 Å². The van der Waals surface area contributed by atoms with Gasteiger partial charge in [0.2, 0.25) is 5.89 Å². The molecule has 4 heteroatoms. The lowest BCUT2D eigenvalue weighted by Crippen LogP contribution is -2.37. The first-order chi connectivity index (χ1) is 7.16. The van der Waals surface area contributed by atoms with Crippen molar-refractivity contribution >= 4 is 0 Å². The molecular weight excluding hydrogens is 192 g/mol. The van der Waals surface area contributed by atoms with Crippen LogP contribution < -0.4 is 5.32 Å². The summed E-state index contributed by atoms with van der Waals surface area (Å²) in [5.41, 5.74) is 0. The van der Waals surface area contributed by atoms with Gasteiger partial charge in [0, 0.05) is 6.04 Å². The fraction of sp³-hybridized carbons (Fsp3) is 0.727. The van der Waals surface area contributed by atoms with Crippen LogP contribution in [0.15, 0.2) is 10.6 Å². The topological polar surface area (TPSA) is 58.3 Å². The minimum atomic E-state index is -0.219. The van der Waals surface area contributed by atoms with Gasteiger partial charge in [-0.1, -0.05) is 0 Å². The summed E-state index contributed by atoms with van der Waals surface area (Å²) in [6, 6.07) is 0.253. The highest BCUT2D eigenvalue weighted by atomic mass is 16.4. The molecular formula is C11H18N2O2. The Morgan fingerprint density at radius 2 is 2.40 bits per heavy atom. The van der Waals surface area contributed by atoms with Gasteiger partial charge in [-0.25, -0.2) is 4.98 Å². The van der Waals surface area contributed by atoms with E-state index < -0.39 is 0 Å². The highest BCUT2D eigenvalue weighted by Gasteiger charge is 2.27. The van der Waals surface area contributed by atoms with Gasteiger partial charge in [-0.15, -0.1) is 0 Å². The van der Waals surface area contributed by atoms with E-state index in [0.717, 1.165) is 25.0 Å². The van der Waals surface area contributed by atoms with E-state index in [0.29, 0.717) is 5.89 Å². The Hall–Kier alpha value is -0.870. The highest BCUT2D eigenvalue weighted by molar-refractivity contribution is 4.97. The summed E-state index contributed by atoms with van der Waals surface area (Å²) in [5, 5.41) is 13.0. The predicted octanol–water partition coefficient (Wildman–Crippen LogP) is 1.55. The van der Waals surface area contributed by atoms with E-state index in [4.69, 9.17) is 4.42 Å². The zero-order chi connectivity index (χ0) is 10.8. The van der Waals surface area contributed by atoms with Crippen LogP contribution in [0, 0.1) is 6.92 Å². The molecule has 1 fully saturated rings. The predicted molar refractivity (Wildman–Crippen MR) is 56.4 cm³/mol. The minimum Gasteiger partial charge on any atom is -0.444 e. The Labute approximate surface area is 89.7 Å². The Balaban J connectivity index is 1.94. The molecule has 1 aliphatic rings. The van der Waals surface area contributed by atoms with E-state index in [1.165, 1.54) is 0 Å². The second kappa shape index (κ2) is 4.33. The number of nitrogens with zero attached hydrogens (tertiary/aromatic N) is 1. The number of hydrogen-bond donors (Lipinski definition) is 2. The average Bonchev–Trinajstić information content (AvgIpc) is 2.77. The lowest BCUT2D eigenvalue weighted by Gasteiger charge is -2.19. The van der Waals surface area contributed by atoms with Gasteiger partial charge in [-0.05, 0) is 33.1 Å². The first-order valence-electron chi connectivity index (χ1n) is 5.53. The number of oxazole rings is 1. The van der Waals surface area contributed by atoms with Crippen molar-refractivity contribution in [1.29, 1.82) is 0 Å². The third-order valence-electron chi connectivity index (χ3n) is 2.95. The van der Waals surface area contributed by atoms with Gasteiger partial charge < -0.3 is 14.8 Å². The zero-order valence-electron chi connectivity index (χ0n) is 9.23. The second-order valence-electron chi connectivity index (χ2n) is 4.30. The molecule has 1 aromatic heterocycles. The molecule has 0 aliphatic heterocycles. The third-order valence-corrected chi connectivity index (χ3v) is 2.95. The monoisotopic (exact) mass is 210 g/mol. The van der Waals surface area contributed by atoms with Gasteiger partial charge >= 0.3 is 0 Å². The Kier molecular flexibility index (Phi) is 3.07. The minimum absolute atomic E-state index is 0.0662. The molecule has 3 atom stereocenters. The van der Waals surface area contributed by atoms with Crippen LogP contribution in [-0.2, 0) is 0 Å². The molecule has 1 aliphatic carbocycles. The van der Waals surface area contributed by atoms with Crippen molar-refractivity contribution in [3.05, 3.63) is 17.8 Å². The number of aliphatic hydroxyl groups excluding tert-OH is 1. The average molecular weight is 210 g/mol. The van der Waals surface area contributed by atoms with Crippen LogP contribution >= 0.6 is 0 Å². The molecule has 0 radical (unpaired) electrons. The van der Waals surface area contributed by atoms with Crippen molar-refractivity contribution in [1.82, 2.24) is 10.3 Å². The number of aromatic nitrogens is 1. The largest absolute Gasteiger partial charge is 0.444 e. The van der Waals surface area contributed by atoms with E-state index in [1.54, 1.807) is 6.20 Å². The van der Waals surface area contributed by atoms with Crippen molar-refractivity contribution in [3.63, 3.8) is 0 Å². The molecule has 1 aromatic rings. The summed E-state index contributed by atoms with van der Waals surface area (Å²) in [5.74, 6) is 1.53. The van der Waals surface area contributed by atoms with Crippen LogP contribution in [0.25, 0.3) is 0 Å². The Morgan fingerprint density at radius 1 is 1.60 bits per heavy atom. The molecule has 4 nitrogen and oxygen atoms in total. The molecule has 1 heterocycles. The molecule has 0 saturated heterocycles. The number of aryl methyl sites for hydroxylation is 1. The summed E-state index contributed by atoms with van der Waals surface area (Å²) < 4.78 is 5.44. The van der Waals surface area contributed by atoms with E-state index in [9.17, 15) is 5.11 Å². The van der Waals surface area contributed by atoms with Crippen LogP contribution in [0.2, 0.25) is 0 Å². The molecule has 0 aromatic carbocycles. The standard InChI is InChI=1S/C11H18N2O2/c1-7-6-12-11(15-7)8(2)13-9-4-3-5-10(9)14/h6,8-10,13-14H,3-5H2,1-2H3. The van der Waals surface area contributed by atoms with Crippen molar-refractivity contribution in [2.75, 3.05) is 0 Å². The first-order valence-corrected chi connectivity index (χ1v) is 5.53. The van der Waals surface area contributed by atoms with Gasteiger partial charge in [0.1, 0.15) is 5.76 Å². The van der Waals surface area contributed by atoms with E-state index in [2.05, 4.69) is 10.3 Å². The maximum absolute atomic E-state index is 9.68. The van der Waals surface area contributed by atoms with Gasteiger partial charge in [0.15, 0.2) is 0 Å². The number of rotatable bonds is 3. The van der Waals surface area contributed by atoms with Gasteiger partial charge in [0.25, 0.3) is 0 Å². The van der Waals surface area contributed by atoms with Gasteiger partial charge in [-0.3, -0.25) is 0 Å². The smallest absolute Gasteiger partial charge is 0.211 e. The summed E-state index contributed by atoms with van der Waals surface area (Å²) in [7, 11) is 0. The number of aliphatic hydroxyl groups is 1. The summed E-state index contributed by atoms with van der Waals surface area (Å²) >= 11 is 0. The Bertz CT molecular complexity index is 324. The van der Waals surface area contributed by atoms with Crippen LogP contribution in [0.4, 0.5) is 0 Å². The second-order valence-corrected chi connectivity index (χ2v) is 4.30. The summed E-state index contributed by atoms with van der Waals surface area (Å²) in [4.78, 5) is 4.17. The number of nitrogens with one attached hydrogen (secondary N) is 1. The SMILES string of the molecule is Cc1cnc(C(C)NC2CCCC2O)o1. The van der Waals surface area contributed by atoms with Crippen LogP contribution in [0.1, 0.15) is 43.9 Å². The van der Waals surface area contributed by atoms with Crippen molar-refractivity contribution in [3.8, 4) is 0 Å². The maximum atomic E-state index is 9.68. The fourth-order valence-electron chi connectivity index (χ4n) is 2.10. The molecule has 2 rings (SSSR count). The summed E-state index contributed by atoms with van der Waals surface area (Å²) in [6.45, 7) is 3.89.